The Balaban J connectivity index is 2.07. The van der Waals surface area contributed by atoms with Crippen molar-refractivity contribution in [3.05, 3.63) is 58.1 Å². The molecule has 0 N–H and O–H groups in total. The number of hydrogen-bond donors (Lipinski definition) is 0. The molecule has 0 aliphatic rings. The number of aryl methyl sites for hydroxylation is 1. The molecule has 92 valence electrons. The second-order valence-corrected chi connectivity index (χ2v) is 5.12. The van der Waals surface area contributed by atoms with Crippen LogP contribution in [0.5, 0.6) is 0 Å². The molecule has 0 amide bonds. The topological polar surface area (TPSA) is 18.1 Å². The second kappa shape index (κ2) is 4.38. The summed E-state index contributed by atoms with van der Waals surface area (Å²) in [6.45, 7) is 2.61. The third kappa shape index (κ3) is 2.02. The summed E-state index contributed by atoms with van der Waals surface area (Å²) in [5, 5.41) is 2.32. The molecule has 0 spiro atoms. The Morgan fingerprint density at radius 1 is 1.17 bits per heavy atom. The molecule has 4 heteroatoms. The van der Waals surface area contributed by atoms with Crippen molar-refractivity contribution in [2.75, 3.05) is 0 Å². The van der Waals surface area contributed by atoms with Crippen molar-refractivity contribution in [1.29, 1.82) is 0 Å². The largest absolute Gasteiger partial charge is 0.464 e. The molecule has 2 aromatic heterocycles. The number of aromatic nitrogens is 1. The highest BCUT2D eigenvalue weighted by molar-refractivity contribution is 6.38. The molecule has 0 aliphatic carbocycles. The zero-order valence-electron chi connectivity index (χ0n) is 9.78. The molecule has 0 unspecified atom stereocenters. The molecule has 3 aromatic rings. The minimum absolute atomic E-state index is 0.642. The summed E-state index contributed by atoms with van der Waals surface area (Å²) in [4.78, 5) is 0. The first kappa shape index (κ1) is 11.7. The van der Waals surface area contributed by atoms with Crippen molar-refractivity contribution in [1.82, 2.24) is 4.57 Å². The average molecular weight is 280 g/mol. The van der Waals surface area contributed by atoms with Crippen LogP contribution < -0.4 is 0 Å². The fourth-order valence-electron chi connectivity index (χ4n) is 2.09. The van der Waals surface area contributed by atoms with Gasteiger partial charge in [-0.1, -0.05) is 23.2 Å². The normalized spacial score (nSPS) is 11.3. The number of fused-ring (bicyclic) bond motifs is 1. The third-order valence-corrected chi connectivity index (χ3v) is 3.46. The van der Waals surface area contributed by atoms with E-state index in [1.54, 1.807) is 6.07 Å². The van der Waals surface area contributed by atoms with Crippen LogP contribution >= 0.6 is 23.2 Å². The lowest BCUT2D eigenvalue weighted by Crippen LogP contribution is -1.96. The van der Waals surface area contributed by atoms with E-state index >= 15 is 0 Å². The van der Waals surface area contributed by atoms with E-state index in [4.69, 9.17) is 27.6 Å². The molecule has 2 nitrogen and oxygen atoms in total. The summed E-state index contributed by atoms with van der Waals surface area (Å²) < 4.78 is 7.65. The molecule has 2 heterocycles. The van der Waals surface area contributed by atoms with Gasteiger partial charge >= 0.3 is 0 Å². The van der Waals surface area contributed by atoms with E-state index in [-0.39, 0.29) is 0 Å². The van der Waals surface area contributed by atoms with Crippen molar-refractivity contribution < 1.29 is 4.42 Å². The Labute approximate surface area is 115 Å². The number of halogens is 2. The van der Waals surface area contributed by atoms with Crippen LogP contribution in [-0.2, 0) is 6.54 Å². The van der Waals surface area contributed by atoms with Crippen LogP contribution in [0.15, 0.2) is 40.9 Å². The van der Waals surface area contributed by atoms with E-state index in [9.17, 15) is 0 Å². The fraction of sp³-hybridized carbons (Fsp3) is 0.143. The van der Waals surface area contributed by atoms with Gasteiger partial charge in [-0.25, -0.2) is 0 Å². The third-order valence-electron chi connectivity index (χ3n) is 2.93. The predicted octanol–water partition coefficient (Wildman–Crippen LogP) is 4.90. The number of hydrogen-bond acceptors (Lipinski definition) is 1. The van der Waals surface area contributed by atoms with E-state index in [2.05, 4.69) is 4.57 Å². The highest BCUT2D eigenvalue weighted by Gasteiger charge is 2.08. The molecule has 0 aliphatic heterocycles. The molecule has 18 heavy (non-hydrogen) atoms. The maximum atomic E-state index is 6.16. The zero-order valence-corrected chi connectivity index (χ0v) is 11.3. The van der Waals surface area contributed by atoms with E-state index in [0.717, 1.165) is 22.4 Å². The van der Waals surface area contributed by atoms with Gasteiger partial charge in [0.25, 0.3) is 0 Å². The van der Waals surface area contributed by atoms with Crippen LogP contribution in [0.3, 0.4) is 0 Å². The smallest absolute Gasteiger partial charge is 0.123 e. The molecule has 0 radical (unpaired) electrons. The molecule has 1 aromatic carbocycles. The minimum atomic E-state index is 0.642. The Bertz CT molecular complexity index is 712. The summed E-state index contributed by atoms with van der Waals surface area (Å²) in [5.41, 5.74) is 1.02. The molecular formula is C14H11Cl2NO. The standard InChI is InChI=1S/C14H11Cl2NO/c1-9-2-3-11(18-9)8-17-5-4-12-13(16)6-10(15)7-14(12)17/h2-7H,8H2,1H3. The maximum Gasteiger partial charge on any atom is 0.123 e. The van der Waals surface area contributed by atoms with E-state index in [1.165, 1.54) is 0 Å². The number of nitrogens with zero attached hydrogens (tertiary/aromatic N) is 1. The second-order valence-electron chi connectivity index (χ2n) is 4.28. The molecule has 0 fully saturated rings. The molecule has 0 saturated carbocycles. The average Bonchev–Trinajstić information content (AvgIpc) is 2.87. The summed E-state index contributed by atoms with van der Waals surface area (Å²) in [6.07, 6.45) is 1.99. The first-order chi connectivity index (χ1) is 8.63. The minimum Gasteiger partial charge on any atom is -0.464 e. The fourth-order valence-corrected chi connectivity index (χ4v) is 2.64. The summed E-state index contributed by atoms with van der Waals surface area (Å²) >= 11 is 12.2. The lowest BCUT2D eigenvalue weighted by molar-refractivity contribution is 0.473. The van der Waals surface area contributed by atoms with Gasteiger partial charge in [-0.3, -0.25) is 0 Å². The van der Waals surface area contributed by atoms with Crippen LogP contribution in [0.4, 0.5) is 0 Å². The van der Waals surface area contributed by atoms with Crippen LogP contribution in [0.2, 0.25) is 10.0 Å². The molecular weight excluding hydrogens is 269 g/mol. The van der Waals surface area contributed by atoms with Crippen molar-refractivity contribution in [2.45, 2.75) is 13.5 Å². The van der Waals surface area contributed by atoms with Crippen molar-refractivity contribution in [3.63, 3.8) is 0 Å². The van der Waals surface area contributed by atoms with Crippen LogP contribution in [-0.4, -0.2) is 4.57 Å². The van der Waals surface area contributed by atoms with Crippen molar-refractivity contribution in [2.24, 2.45) is 0 Å². The Morgan fingerprint density at radius 2 is 2.00 bits per heavy atom. The Hall–Kier alpha value is -1.38. The van der Waals surface area contributed by atoms with Crippen LogP contribution in [0, 0.1) is 6.92 Å². The van der Waals surface area contributed by atoms with Gasteiger partial charge in [-0.05, 0) is 37.3 Å². The van der Waals surface area contributed by atoms with Gasteiger partial charge in [0.05, 0.1) is 17.1 Å². The molecule has 3 rings (SSSR count). The quantitative estimate of drug-likeness (QED) is 0.653. The van der Waals surface area contributed by atoms with E-state index in [1.807, 2.05) is 37.4 Å². The number of benzene rings is 1. The Morgan fingerprint density at radius 3 is 2.72 bits per heavy atom. The van der Waals surface area contributed by atoms with Gasteiger partial charge in [0, 0.05) is 16.6 Å². The Kier molecular flexibility index (Phi) is 2.84. The van der Waals surface area contributed by atoms with Gasteiger partial charge in [-0.2, -0.15) is 0 Å². The molecule has 0 atom stereocenters. The number of rotatable bonds is 2. The summed E-state index contributed by atoms with van der Waals surface area (Å²) in [5.74, 6) is 1.83. The predicted molar refractivity (Wildman–Crippen MR) is 74.5 cm³/mol. The lowest BCUT2D eigenvalue weighted by Gasteiger charge is -2.04. The van der Waals surface area contributed by atoms with E-state index < -0.39 is 0 Å². The van der Waals surface area contributed by atoms with Gasteiger partial charge in [0.2, 0.25) is 0 Å². The maximum absolute atomic E-state index is 6.16. The SMILES string of the molecule is Cc1ccc(Cn2ccc3c(Cl)cc(Cl)cc32)o1. The van der Waals surface area contributed by atoms with Crippen molar-refractivity contribution in [3.8, 4) is 0 Å². The van der Waals surface area contributed by atoms with Gasteiger partial charge in [0.1, 0.15) is 11.5 Å². The van der Waals surface area contributed by atoms with Gasteiger partial charge in [-0.15, -0.1) is 0 Å². The number of furan rings is 1. The van der Waals surface area contributed by atoms with Crippen LogP contribution in [0.1, 0.15) is 11.5 Å². The first-order valence-electron chi connectivity index (χ1n) is 5.63. The van der Waals surface area contributed by atoms with Gasteiger partial charge < -0.3 is 8.98 Å². The van der Waals surface area contributed by atoms with Crippen molar-refractivity contribution >= 4 is 34.1 Å². The van der Waals surface area contributed by atoms with Crippen LogP contribution in [0.25, 0.3) is 10.9 Å². The zero-order chi connectivity index (χ0) is 12.7. The molecule has 0 saturated heterocycles. The molecule has 0 bridgehead atoms. The monoisotopic (exact) mass is 279 g/mol. The summed E-state index contributed by atoms with van der Waals surface area (Å²) in [6, 6.07) is 9.60. The highest BCUT2D eigenvalue weighted by Crippen LogP contribution is 2.29. The lowest BCUT2D eigenvalue weighted by atomic mass is 10.2. The highest BCUT2D eigenvalue weighted by atomic mass is 35.5. The first-order valence-corrected chi connectivity index (χ1v) is 6.38. The summed E-state index contributed by atoms with van der Waals surface area (Å²) in [7, 11) is 0. The van der Waals surface area contributed by atoms with E-state index in [0.29, 0.717) is 16.6 Å². The van der Waals surface area contributed by atoms with Gasteiger partial charge in [0.15, 0.2) is 0 Å².